The monoisotopic (exact) mass is 181 g/mol. The van der Waals surface area contributed by atoms with E-state index in [1.54, 1.807) is 0 Å². The molecule has 1 N–H and O–H groups in total. The fraction of sp³-hybridized carbons (Fsp3) is 1.00. The van der Waals surface area contributed by atoms with Crippen LogP contribution in [0.1, 0.15) is 59.3 Å². The quantitative estimate of drug-likeness (QED) is 0.655. The van der Waals surface area contributed by atoms with Gasteiger partial charge in [-0.15, -0.1) is 0 Å². The van der Waals surface area contributed by atoms with Gasteiger partial charge in [-0.1, -0.05) is 12.8 Å². The topological polar surface area (TPSA) is 12.0 Å². The predicted octanol–water partition coefficient (Wildman–Crippen LogP) is 3.10. The van der Waals surface area contributed by atoms with E-state index in [4.69, 9.17) is 0 Å². The van der Waals surface area contributed by atoms with Crippen LogP contribution in [0.3, 0.4) is 0 Å². The second-order valence-corrected chi connectivity index (χ2v) is 6.06. The minimum atomic E-state index is 0.306. The molecule has 0 saturated heterocycles. The highest BCUT2D eigenvalue weighted by Crippen LogP contribution is 2.53. The summed E-state index contributed by atoms with van der Waals surface area (Å²) < 4.78 is 0. The molecule has 2 aliphatic rings. The van der Waals surface area contributed by atoms with Gasteiger partial charge in [0.25, 0.3) is 0 Å². The minimum Gasteiger partial charge on any atom is -0.309 e. The summed E-state index contributed by atoms with van der Waals surface area (Å²) in [7, 11) is 0. The highest BCUT2D eigenvalue weighted by molar-refractivity contribution is 5.04. The molecule has 2 aliphatic carbocycles. The van der Waals surface area contributed by atoms with Crippen LogP contribution in [0.25, 0.3) is 0 Å². The molecule has 2 rings (SSSR count). The molecule has 1 atom stereocenters. The largest absolute Gasteiger partial charge is 0.309 e. The first-order valence-electron chi connectivity index (χ1n) is 5.80. The maximum atomic E-state index is 3.79. The number of rotatable bonds is 1. The van der Waals surface area contributed by atoms with Crippen molar-refractivity contribution in [3.8, 4) is 0 Å². The van der Waals surface area contributed by atoms with Crippen LogP contribution in [0, 0.1) is 5.41 Å². The van der Waals surface area contributed by atoms with Crippen LogP contribution in [-0.2, 0) is 0 Å². The molecule has 2 fully saturated rings. The van der Waals surface area contributed by atoms with Gasteiger partial charge in [-0.3, -0.25) is 0 Å². The lowest BCUT2D eigenvalue weighted by atomic mass is 9.63. The van der Waals surface area contributed by atoms with Crippen molar-refractivity contribution < 1.29 is 0 Å². The average Bonchev–Trinajstić information content (AvgIpc) is 2.47. The smallest absolute Gasteiger partial charge is 0.0129 e. The van der Waals surface area contributed by atoms with E-state index < -0.39 is 0 Å². The van der Waals surface area contributed by atoms with Crippen LogP contribution in [-0.4, -0.2) is 11.6 Å². The van der Waals surface area contributed by atoms with E-state index in [0.29, 0.717) is 5.54 Å². The van der Waals surface area contributed by atoms with Crippen molar-refractivity contribution in [1.82, 2.24) is 5.32 Å². The summed E-state index contributed by atoms with van der Waals surface area (Å²) in [6, 6.07) is 0.829. The van der Waals surface area contributed by atoms with Crippen molar-refractivity contribution in [2.45, 2.75) is 70.9 Å². The van der Waals surface area contributed by atoms with Crippen molar-refractivity contribution in [2.75, 3.05) is 0 Å². The van der Waals surface area contributed by atoms with Gasteiger partial charge in [0, 0.05) is 11.6 Å². The first-order chi connectivity index (χ1) is 6.02. The van der Waals surface area contributed by atoms with Gasteiger partial charge in [0.1, 0.15) is 0 Å². The van der Waals surface area contributed by atoms with Gasteiger partial charge in [0.2, 0.25) is 0 Å². The van der Waals surface area contributed by atoms with Crippen molar-refractivity contribution in [3.05, 3.63) is 0 Å². The molecule has 0 aromatic rings. The summed E-state index contributed by atoms with van der Waals surface area (Å²) in [4.78, 5) is 0. The van der Waals surface area contributed by atoms with E-state index in [1.165, 1.54) is 38.5 Å². The van der Waals surface area contributed by atoms with Crippen LogP contribution in [0.5, 0.6) is 0 Å². The third-order valence-corrected chi connectivity index (χ3v) is 3.88. The van der Waals surface area contributed by atoms with E-state index in [-0.39, 0.29) is 0 Å². The standard InChI is InChI=1S/C12H23N/c1-11(2,3)13-10-6-9-12(10)7-4-5-8-12/h10,13H,4-9H2,1-3H3. The Morgan fingerprint density at radius 1 is 1.08 bits per heavy atom. The molecule has 0 amide bonds. The number of nitrogens with one attached hydrogen (secondary N) is 1. The van der Waals surface area contributed by atoms with Gasteiger partial charge in [0.05, 0.1) is 0 Å². The molecule has 2 saturated carbocycles. The maximum Gasteiger partial charge on any atom is 0.0129 e. The molecular formula is C12H23N. The Morgan fingerprint density at radius 2 is 1.69 bits per heavy atom. The van der Waals surface area contributed by atoms with Crippen molar-refractivity contribution in [1.29, 1.82) is 0 Å². The summed E-state index contributed by atoms with van der Waals surface area (Å²) in [5, 5.41) is 3.79. The third kappa shape index (κ3) is 1.76. The molecule has 0 radical (unpaired) electrons. The van der Waals surface area contributed by atoms with Crippen LogP contribution in [0.4, 0.5) is 0 Å². The third-order valence-electron chi connectivity index (χ3n) is 3.88. The van der Waals surface area contributed by atoms with E-state index >= 15 is 0 Å². The summed E-state index contributed by atoms with van der Waals surface area (Å²) in [5.41, 5.74) is 1.04. The average molecular weight is 181 g/mol. The summed E-state index contributed by atoms with van der Waals surface area (Å²) in [5.74, 6) is 0. The Morgan fingerprint density at radius 3 is 2.08 bits per heavy atom. The second-order valence-electron chi connectivity index (χ2n) is 6.06. The molecule has 76 valence electrons. The Bertz CT molecular complexity index is 184. The molecule has 0 bridgehead atoms. The lowest BCUT2D eigenvalue weighted by Gasteiger charge is -2.50. The molecule has 0 aromatic heterocycles. The Kier molecular flexibility index (Phi) is 2.18. The van der Waals surface area contributed by atoms with Gasteiger partial charge in [-0.2, -0.15) is 0 Å². The van der Waals surface area contributed by atoms with E-state index in [0.717, 1.165) is 11.5 Å². The zero-order valence-electron chi connectivity index (χ0n) is 9.32. The summed E-state index contributed by atoms with van der Waals surface area (Å²) in [6.45, 7) is 6.86. The lowest BCUT2D eigenvalue weighted by Crippen LogP contribution is -2.57. The highest BCUT2D eigenvalue weighted by Gasteiger charge is 2.48. The number of hydrogen-bond acceptors (Lipinski definition) is 1. The van der Waals surface area contributed by atoms with Gasteiger partial charge >= 0.3 is 0 Å². The number of hydrogen-bond donors (Lipinski definition) is 1. The molecule has 0 aliphatic heterocycles. The van der Waals surface area contributed by atoms with Crippen molar-refractivity contribution >= 4 is 0 Å². The Labute approximate surface area is 82.3 Å². The first kappa shape index (κ1) is 9.51. The summed E-state index contributed by atoms with van der Waals surface area (Å²) in [6.07, 6.45) is 8.82. The molecule has 1 spiro atoms. The highest BCUT2D eigenvalue weighted by atomic mass is 15.0. The lowest BCUT2D eigenvalue weighted by molar-refractivity contribution is 0.0539. The Balaban J connectivity index is 1.94. The molecule has 1 heteroatoms. The SMILES string of the molecule is CC(C)(C)NC1CCC12CCCC2. The maximum absolute atomic E-state index is 3.79. The molecule has 1 nitrogen and oxygen atoms in total. The summed E-state index contributed by atoms with van der Waals surface area (Å²) >= 11 is 0. The molecule has 1 unspecified atom stereocenters. The van der Waals surface area contributed by atoms with E-state index in [1.807, 2.05) is 0 Å². The van der Waals surface area contributed by atoms with E-state index in [2.05, 4.69) is 26.1 Å². The zero-order chi connectivity index (χ0) is 9.53. The van der Waals surface area contributed by atoms with Gasteiger partial charge < -0.3 is 5.32 Å². The van der Waals surface area contributed by atoms with Gasteiger partial charge in [0.15, 0.2) is 0 Å². The minimum absolute atomic E-state index is 0.306. The van der Waals surface area contributed by atoms with Gasteiger partial charge in [-0.25, -0.2) is 0 Å². The van der Waals surface area contributed by atoms with Crippen LogP contribution in [0.15, 0.2) is 0 Å². The second kappa shape index (κ2) is 2.98. The molecule has 0 aromatic carbocycles. The zero-order valence-corrected chi connectivity index (χ0v) is 9.32. The fourth-order valence-corrected chi connectivity index (χ4v) is 3.12. The predicted molar refractivity (Wildman–Crippen MR) is 56.8 cm³/mol. The van der Waals surface area contributed by atoms with Gasteiger partial charge in [-0.05, 0) is 51.9 Å². The first-order valence-corrected chi connectivity index (χ1v) is 5.80. The normalized spacial score (nSPS) is 32.1. The molecule has 0 heterocycles. The van der Waals surface area contributed by atoms with Crippen molar-refractivity contribution in [2.24, 2.45) is 5.41 Å². The van der Waals surface area contributed by atoms with Crippen LogP contribution >= 0.6 is 0 Å². The van der Waals surface area contributed by atoms with E-state index in [9.17, 15) is 0 Å². The Hall–Kier alpha value is -0.0400. The molecular weight excluding hydrogens is 158 g/mol. The van der Waals surface area contributed by atoms with Crippen molar-refractivity contribution in [3.63, 3.8) is 0 Å². The fourth-order valence-electron chi connectivity index (χ4n) is 3.12. The van der Waals surface area contributed by atoms with Crippen LogP contribution < -0.4 is 5.32 Å². The van der Waals surface area contributed by atoms with Crippen LogP contribution in [0.2, 0.25) is 0 Å². The molecule has 13 heavy (non-hydrogen) atoms.